The number of ketones is 1. The number of hydrogen-bond acceptors (Lipinski definition) is 13. The number of carbonyl (C=O) groups excluding carboxylic acids is 6. The Hall–Kier alpha value is -7.74. The normalized spacial score (nSPS) is 19.3. The van der Waals surface area contributed by atoms with Gasteiger partial charge in [-0.2, -0.15) is 0 Å². The summed E-state index contributed by atoms with van der Waals surface area (Å²) in [7, 11) is 0. The number of rotatable bonds is 15. The van der Waals surface area contributed by atoms with Crippen molar-refractivity contribution >= 4 is 35.6 Å². The van der Waals surface area contributed by atoms with Gasteiger partial charge in [0.15, 0.2) is 18.0 Å². The summed E-state index contributed by atoms with van der Waals surface area (Å²) in [4.78, 5) is 80.7. The molecular weight excluding hydrogens is 845 g/mol. The number of benzene rings is 6. The third kappa shape index (κ3) is 10.9. The van der Waals surface area contributed by atoms with E-state index < -0.39 is 66.2 Å². The van der Waals surface area contributed by atoms with Crippen molar-refractivity contribution in [3.63, 3.8) is 0 Å². The summed E-state index contributed by atoms with van der Waals surface area (Å²) in [6.07, 6.45) is -8.62. The third-order valence-electron chi connectivity index (χ3n) is 10.9. The van der Waals surface area contributed by atoms with Gasteiger partial charge in [0.2, 0.25) is 11.9 Å². The van der Waals surface area contributed by atoms with Crippen LogP contribution in [0.4, 0.5) is 0 Å². The molecule has 1 heterocycles. The largest absolute Gasteiger partial charge is 0.461 e. The van der Waals surface area contributed by atoms with Crippen molar-refractivity contribution in [1.29, 1.82) is 0 Å². The Morgan fingerprint density at radius 2 is 1.02 bits per heavy atom. The monoisotopic (exact) mass is 890 g/mol. The van der Waals surface area contributed by atoms with E-state index in [0.717, 1.165) is 0 Å². The van der Waals surface area contributed by atoms with E-state index in [2.05, 4.69) is 0 Å². The summed E-state index contributed by atoms with van der Waals surface area (Å²) in [5, 5.41) is 13.6. The molecule has 6 aromatic carbocycles. The molecule has 0 unspecified atom stereocenters. The minimum atomic E-state index is -2.83. The molecule has 1 saturated heterocycles. The van der Waals surface area contributed by atoms with Crippen molar-refractivity contribution in [3.05, 3.63) is 214 Å². The highest BCUT2D eigenvalue weighted by Crippen LogP contribution is 2.44. The maximum Gasteiger partial charge on any atom is 0.338 e. The summed E-state index contributed by atoms with van der Waals surface area (Å²) in [6, 6.07) is 43.3. The van der Waals surface area contributed by atoms with E-state index in [-0.39, 0.29) is 46.6 Å². The zero-order valence-corrected chi connectivity index (χ0v) is 36.2. The SMILES string of the molecule is CC(=O)OCc1ccc(Cc2ccc(C(C)=O)cc2)c([C@@]2(O)O[C@H]([C@H](C)OC(=O)c3ccccc3)[C@@H](OC(=O)c3ccccc3)[C@H](OC(=O)c3ccccc3)[C@H]2OC(=O)c2ccccc2)c1. The third-order valence-corrected chi connectivity index (χ3v) is 10.9. The Balaban J connectivity index is 1.45. The van der Waals surface area contributed by atoms with E-state index in [4.69, 9.17) is 28.4 Å². The first-order chi connectivity index (χ1) is 31.8. The molecule has 0 aromatic heterocycles. The fourth-order valence-corrected chi connectivity index (χ4v) is 7.54. The first-order valence-corrected chi connectivity index (χ1v) is 21.1. The molecule has 0 aliphatic carbocycles. The Morgan fingerprint density at radius 1 is 0.561 bits per heavy atom. The van der Waals surface area contributed by atoms with E-state index in [1.54, 1.807) is 109 Å². The van der Waals surface area contributed by atoms with Crippen molar-refractivity contribution in [1.82, 2.24) is 0 Å². The second-order valence-electron chi connectivity index (χ2n) is 15.6. The fourth-order valence-electron chi connectivity index (χ4n) is 7.54. The number of carbonyl (C=O) groups is 6. The van der Waals surface area contributed by atoms with E-state index in [9.17, 15) is 33.9 Å². The molecule has 0 spiro atoms. The van der Waals surface area contributed by atoms with Crippen molar-refractivity contribution < 1.29 is 62.3 Å². The molecule has 0 amide bonds. The minimum absolute atomic E-state index is 0.0335. The van der Waals surface area contributed by atoms with E-state index in [1.807, 2.05) is 0 Å². The van der Waals surface area contributed by atoms with Gasteiger partial charge in [-0.3, -0.25) is 9.59 Å². The highest BCUT2D eigenvalue weighted by atomic mass is 16.7. The lowest BCUT2D eigenvalue weighted by molar-refractivity contribution is -0.360. The van der Waals surface area contributed by atoms with Gasteiger partial charge in [0, 0.05) is 18.1 Å². The maximum absolute atomic E-state index is 14.3. The number of hydrogen-bond donors (Lipinski definition) is 1. The minimum Gasteiger partial charge on any atom is -0.461 e. The van der Waals surface area contributed by atoms with Crippen LogP contribution in [0.15, 0.2) is 164 Å². The molecule has 1 aliphatic rings. The molecule has 1 fully saturated rings. The first kappa shape index (κ1) is 46.3. The second kappa shape index (κ2) is 20.8. The molecule has 66 heavy (non-hydrogen) atoms. The molecule has 7 rings (SSSR count). The van der Waals surface area contributed by atoms with Gasteiger partial charge in [-0.25, -0.2) is 19.2 Å². The number of Topliss-reactive ketones (excluding diaryl/α,β-unsaturated/α-hetero) is 1. The molecule has 1 aliphatic heterocycles. The van der Waals surface area contributed by atoms with Crippen molar-refractivity contribution in [2.24, 2.45) is 0 Å². The van der Waals surface area contributed by atoms with Gasteiger partial charge < -0.3 is 33.5 Å². The van der Waals surface area contributed by atoms with E-state index >= 15 is 0 Å². The maximum atomic E-state index is 14.3. The van der Waals surface area contributed by atoms with Gasteiger partial charge in [0.1, 0.15) is 18.8 Å². The van der Waals surface area contributed by atoms with Gasteiger partial charge in [0.05, 0.1) is 22.3 Å². The number of ether oxygens (including phenoxy) is 6. The van der Waals surface area contributed by atoms with Gasteiger partial charge in [-0.05, 0) is 91.6 Å². The van der Waals surface area contributed by atoms with Crippen LogP contribution in [0.25, 0.3) is 0 Å². The molecule has 6 aromatic rings. The molecule has 13 nitrogen and oxygen atoms in total. The summed E-state index contributed by atoms with van der Waals surface area (Å²) >= 11 is 0. The number of esters is 5. The molecule has 1 N–H and O–H groups in total. The molecule has 6 atom stereocenters. The fraction of sp³-hybridized carbons (Fsp3) is 0.208. The lowest BCUT2D eigenvalue weighted by atomic mass is 9.82. The van der Waals surface area contributed by atoms with E-state index in [0.29, 0.717) is 22.3 Å². The number of aliphatic hydroxyl groups is 1. The smallest absolute Gasteiger partial charge is 0.338 e. The lowest BCUT2D eigenvalue weighted by Crippen LogP contribution is -2.68. The van der Waals surface area contributed by atoms with Crippen molar-refractivity contribution in [3.8, 4) is 0 Å². The molecule has 0 saturated carbocycles. The summed E-state index contributed by atoms with van der Waals surface area (Å²) < 4.78 is 36.9. The van der Waals surface area contributed by atoms with Gasteiger partial charge in [-0.1, -0.05) is 109 Å². The Bertz CT molecular complexity index is 2670. The van der Waals surface area contributed by atoms with Crippen LogP contribution < -0.4 is 0 Å². The van der Waals surface area contributed by atoms with Crippen LogP contribution in [0.2, 0.25) is 0 Å². The molecule has 0 bridgehead atoms. The van der Waals surface area contributed by atoms with Crippen LogP contribution in [0.5, 0.6) is 0 Å². The Kier molecular flexibility index (Phi) is 14.6. The van der Waals surface area contributed by atoms with Gasteiger partial charge >= 0.3 is 29.8 Å². The highest BCUT2D eigenvalue weighted by Gasteiger charge is 2.62. The van der Waals surface area contributed by atoms with Crippen LogP contribution >= 0.6 is 0 Å². The zero-order valence-electron chi connectivity index (χ0n) is 36.2. The predicted molar refractivity (Wildman–Crippen MR) is 238 cm³/mol. The van der Waals surface area contributed by atoms with Crippen molar-refractivity contribution in [2.45, 2.75) is 70.1 Å². The quantitative estimate of drug-likeness (QED) is 0.0596. The molecule has 0 radical (unpaired) electrons. The van der Waals surface area contributed by atoms with Gasteiger partial charge in [0.25, 0.3) is 0 Å². The Morgan fingerprint density at radius 3 is 1.50 bits per heavy atom. The lowest BCUT2D eigenvalue weighted by Gasteiger charge is -2.50. The van der Waals surface area contributed by atoms with Gasteiger partial charge in [-0.15, -0.1) is 0 Å². The van der Waals surface area contributed by atoms with Crippen LogP contribution in [-0.2, 0) is 52.0 Å². The Labute approximate surface area is 380 Å². The van der Waals surface area contributed by atoms with Crippen LogP contribution in [0, 0.1) is 0 Å². The van der Waals surface area contributed by atoms with Crippen LogP contribution in [-0.4, -0.2) is 71.3 Å². The second-order valence-corrected chi connectivity index (χ2v) is 15.6. The average molecular weight is 891 g/mol. The predicted octanol–water partition coefficient (Wildman–Crippen LogP) is 8.01. The molecule has 13 heteroatoms. The summed E-state index contributed by atoms with van der Waals surface area (Å²) in [5.41, 5.74) is 2.26. The van der Waals surface area contributed by atoms with Crippen LogP contribution in [0.3, 0.4) is 0 Å². The summed E-state index contributed by atoms with van der Waals surface area (Å²) in [5.74, 6) is -7.19. The molecular formula is C53H46O13. The first-order valence-electron chi connectivity index (χ1n) is 21.1. The van der Waals surface area contributed by atoms with E-state index in [1.165, 1.54) is 75.4 Å². The zero-order chi connectivity index (χ0) is 46.8. The van der Waals surface area contributed by atoms with Crippen LogP contribution in [0.1, 0.15) is 94.8 Å². The van der Waals surface area contributed by atoms with Crippen molar-refractivity contribution in [2.75, 3.05) is 0 Å². The average Bonchev–Trinajstić information content (AvgIpc) is 3.34. The standard InChI is InChI=1S/C53H46O13/c1-33(54)38-27-24-36(25-28-38)30-43-29-26-37(32-61-35(3)55)31-44(43)53(60)48(65-52(59)42-22-14-7-15-23-42)47(64-51(58)41-20-12-6-13-21-41)46(63-50(57)40-18-10-5-11-19-40)45(66-53)34(2)62-49(56)39-16-8-4-9-17-39/h4-29,31,34,45-48,60H,30,32H2,1-3H3/t34-,45+,46+,47-,48+,53+/m0/s1. The highest BCUT2D eigenvalue weighted by molar-refractivity contribution is 5.94. The topological polar surface area (TPSA) is 178 Å². The summed E-state index contributed by atoms with van der Waals surface area (Å²) in [6.45, 7) is 3.89. The molecule has 336 valence electrons.